The highest BCUT2D eigenvalue weighted by Gasteiger charge is 2.38. The second kappa shape index (κ2) is 7.31. The highest BCUT2D eigenvalue weighted by molar-refractivity contribution is 7.99. The number of benzene rings is 1. The lowest BCUT2D eigenvalue weighted by atomic mass is 10.3. The first-order chi connectivity index (χ1) is 12.0. The molecule has 0 spiro atoms. The van der Waals surface area contributed by atoms with Gasteiger partial charge in [-0.3, -0.25) is 4.79 Å². The highest BCUT2D eigenvalue weighted by atomic mass is 32.2. The number of carbonyl (C=O) groups excluding carboxylic acids is 1. The first-order valence-corrected chi connectivity index (χ1v) is 7.50. The Balaban J connectivity index is 1.90. The van der Waals surface area contributed by atoms with Gasteiger partial charge < -0.3 is 15.9 Å². The molecule has 2 aromatic rings. The van der Waals surface area contributed by atoms with E-state index in [2.05, 4.69) is 20.3 Å². The van der Waals surface area contributed by atoms with E-state index in [0.717, 1.165) is 24.3 Å². The number of aromatic nitrogens is 3. The number of hydrogen-bond donors (Lipinski definition) is 2. The Labute approximate surface area is 145 Å². The number of nitrogens with one attached hydrogen (secondary N) is 1. The summed E-state index contributed by atoms with van der Waals surface area (Å²) in [7, 11) is 0. The Morgan fingerprint density at radius 2 is 1.77 bits per heavy atom. The van der Waals surface area contributed by atoms with E-state index in [-0.39, 0.29) is 21.3 Å². The monoisotopic (exact) mass is 401 g/mol. The first kappa shape index (κ1) is 19.7. The van der Waals surface area contributed by atoms with Crippen LogP contribution in [0.2, 0.25) is 0 Å². The maximum absolute atomic E-state index is 12.5. The molecule has 1 aromatic carbocycles. The van der Waals surface area contributed by atoms with Gasteiger partial charge in [0.05, 0.1) is 5.75 Å². The van der Waals surface area contributed by atoms with Crippen molar-refractivity contribution in [1.29, 1.82) is 0 Å². The zero-order chi connectivity index (χ0) is 19.5. The highest BCUT2D eigenvalue weighted by Crippen LogP contribution is 2.29. The van der Waals surface area contributed by atoms with Gasteiger partial charge in [-0.05, 0) is 24.3 Å². The molecule has 2 rings (SSSR count). The minimum absolute atomic E-state index is 0.162. The molecule has 142 valence electrons. The standard InChI is InChI=1S/C12H9F6N5O2S/c13-11(14,15)9-21-22-10(23(9)19)26-5-8(24)20-6-1-3-7(4-2-6)25-12(16,17)18/h1-4H,5,19H2,(H,20,24). The minimum atomic E-state index is -4.84. The van der Waals surface area contributed by atoms with Crippen LogP contribution in [0.5, 0.6) is 5.75 Å². The average molecular weight is 401 g/mol. The fourth-order valence-corrected chi connectivity index (χ4v) is 2.29. The van der Waals surface area contributed by atoms with E-state index in [4.69, 9.17) is 5.84 Å². The van der Waals surface area contributed by atoms with Gasteiger partial charge in [0.2, 0.25) is 11.1 Å². The van der Waals surface area contributed by atoms with Crippen molar-refractivity contribution in [2.75, 3.05) is 16.9 Å². The molecule has 26 heavy (non-hydrogen) atoms. The van der Waals surface area contributed by atoms with Gasteiger partial charge in [-0.15, -0.1) is 23.4 Å². The van der Waals surface area contributed by atoms with Crippen molar-refractivity contribution >= 4 is 23.4 Å². The zero-order valence-electron chi connectivity index (χ0n) is 12.4. The van der Waals surface area contributed by atoms with Crippen molar-refractivity contribution in [2.24, 2.45) is 0 Å². The predicted molar refractivity (Wildman–Crippen MR) is 77.7 cm³/mol. The molecule has 3 N–H and O–H groups in total. The van der Waals surface area contributed by atoms with Crippen molar-refractivity contribution < 1.29 is 35.9 Å². The van der Waals surface area contributed by atoms with Crippen LogP contribution in [0.15, 0.2) is 29.4 Å². The van der Waals surface area contributed by atoms with Gasteiger partial charge in [-0.2, -0.15) is 13.2 Å². The van der Waals surface area contributed by atoms with Gasteiger partial charge in [0, 0.05) is 5.69 Å². The number of nitrogens with two attached hydrogens (primary N) is 1. The van der Waals surface area contributed by atoms with E-state index >= 15 is 0 Å². The molecule has 7 nitrogen and oxygen atoms in total. The van der Waals surface area contributed by atoms with E-state index < -0.39 is 30.0 Å². The van der Waals surface area contributed by atoms with Crippen LogP contribution in [0.3, 0.4) is 0 Å². The molecule has 0 unspecified atom stereocenters. The van der Waals surface area contributed by atoms with E-state index in [1.54, 1.807) is 0 Å². The van der Waals surface area contributed by atoms with Crippen LogP contribution in [0.25, 0.3) is 0 Å². The maximum Gasteiger partial charge on any atom is 0.573 e. The number of carbonyl (C=O) groups is 1. The molecule has 0 fully saturated rings. The molecule has 0 aliphatic rings. The predicted octanol–water partition coefficient (Wildman–Crippen LogP) is 2.64. The van der Waals surface area contributed by atoms with Crippen molar-refractivity contribution in [3.8, 4) is 5.75 Å². The molecule has 0 bridgehead atoms. The van der Waals surface area contributed by atoms with Gasteiger partial charge in [0.25, 0.3) is 5.82 Å². The smallest absolute Gasteiger partial charge is 0.406 e. The SMILES string of the molecule is Nn1c(SCC(=O)Nc2ccc(OC(F)(F)F)cc2)nnc1C(F)(F)F. The van der Waals surface area contributed by atoms with Crippen molar-refractivity contribution in [2.45, 2.75) is 17.7 Å². The maximum atomic E-state index is 12.5. The molecule has 1 aromatic heterocycles. The quantitative estimate of drug-likeness (QED) is 0.455. The van der Waals surface area contributed by atoms with E-state index in [1.165, 1.54) is 0 Å². The number of amides is 1. The summed E-state index contributed by atoms with van der Waals surface area (Å²) >= 11 is 0.601. The Morgan fingerprint density at radius 3 is 2.27 bits per heavy atom. The van der Waals surface area contributed by atoms with Crippen LogP contribution in [-0.4, -0.2) is 32.9 Å². The lowest BCUT2D eigenvalue weighted by Gasteiger charge is -2.10. The fraction of sp³-hybridized carbons (Fsp3) is 0.250. The molecule has 0 atom stereocenters. The number of rotatable bonds is 5. The van der Waals surface area contributed by atoms with E-state index in [0.29, 0.717) is 11.8 Å². The summed E-state index contributed by atoms with van der Waals surface area (Å²) in [5.41, 5.74) is 0.162. The van der Waals surface area contributed by atoms with Gasteiger partial charge in [-0.1, -0.05) is 11.8 Å². The molecular weight excluding hydrogens is 392 g/mol. The third-order valence-electron chi connectivity index (χ3n) is 2.62. The number of thioether (sulfide) groups is 1. The second-order valence-electron chi connectivity index (χ2n) is 4.58. The van der Waals surface area contributed by atoms with Crippen LogP contribution in [0.4, 0.5) is 32.0 Å². The van der Waals surface area contributed by atoms with Gasteiger partial charge in [0.15, 0.2) is 0 Å². The molecule has 0 aliphatic heterocycles. The number of alkyl halides is 6. The molecule has 1 amide bonds. The topological polar surface area (TPSA) is 95.1 Å². The van der Waals surface area contributed by atoms with E-state index in [1.807, 2.05) is 0 Å². The summed E-state index contributed by atoms with van der Waals surface area (Å²) in [6.45, 7) is 0. The van der Waals surface area contributed by atoms with Crippen LogP contribution in [0, 0.1) is 0 Å². The summed E-state index contributed by atoms with van der Waals surface area (Å²) in [6, 6.07) is 4.30. The van der Waals surface area contributed by atoms with Gasteiger partial charge in [0.1, 0.15) is 5.75 Å². The molecule has 14 heteroatoms. The summed E-state index contributed by atoms with van der Waals surface area (Å²) < 4.78 is 77.5. The van der Waals surface area contributed by atoms with Gasteiger partial charge in [-0.25, -0.2) is 4.68 Å². The summed E-state index contributed by atoms with van der Waals surface area (Å²) in [5, 5.41) is 8.14. The Kier molecular flexibility index (Phi) is 5.53. The summed E-state index contributed by atoms with van der Waals surface area (Å²) in [4.78, 5) is 11.8. The summed E-state index contributed by atoms with van der Waals surface area (Å²) in [6.07, 6.45) is -9.63. The zero-order valence-corrected chi connectivity index (χ0v) is 13.2. The molecule has 1 heterocycles. The number of nitrogens with zero attached hydrogens (tertiary/aromatic N) is 3. The lowest BCUT2D eigenvalue weighted by molar-refractivity contribution is -0.274. The molecule has 0 saturated carbocycles. The second-order valence-corrected chi connectivity index (χ2v) is 5.53. The average Bonchev–Trinajstić information content (AvgIpc) is 2.87. The Hall–Kier alpha value is -2.64. The van der Waals surface area contributed by atoms with E-state index in [9.17, 15) is 31.1 Å². The third kappa shape index (κ3) is 5.44. The van der Waals surface area contributed by atoms with Crippen molar-refractivity contribution in [3.63, 3.8) is 0 Å². The van der Waals surface area contributed by atoms with Crippen LogP contribution >= 0.6 is 11.8 Å². The number of ether oxygens (including phenoxy) is 1. The lowest BCUT2D eigenvalue weighted by Crippen LogP contribution is -2.22. The first-order valence-electron chi connectivity index (χ1n) is 6.52. The Morgan fingerprint density at radius 1 is 1.15 bits per heavy atom. The fourth-order valence-electron chi connectivity index (χ4n) is 1.64. The Bertz CT molecular complexity index is 774. The number of anilines is 1. The van der Waals surface area contributed by atoms with Crippen LogP contribution in [-0.2, 0) is 11.0 Å². The number of nitrogen functional groups attached to an aromatic ring is 1. The number of hydrogen-bond acceptors (Lipinski definition) is 6. The molecule has 0 saturated heterocycles. The van der Waals surface area contributed by atoms with Crippen molar-refractivity contribution in [3.05, 3.63) is 30.1 Å². The number of halogens is 6. The normalized spacial score (nSPS) is 12.1. The molecular formula is C12H9F6N5O2S. The van der Waals surface area contributed by atoms with Crippen LogP contribution in [0.1, 0.15) is 5.82 Å². The van der Waals surface area contributed by atoms with Crippen LogP contribution < -0.4 is 15.9 Å². The largest absolute Gasteiger partial charge is 0.573 e. The van der Waals surface area contributed by atoms with Gasteiger partial charge >= 0.3 is 12.5 Å². The summed E-state index contributed by atoms with van der Waals surface area (Å²) in [5.74, 6) is 2.33. The minimum Gasteiger partial charge on any atom is -0.406 e. The molecule has 0 aliphatic carbocycles. The third-order valence-corrected chi connectivity index (χ3v) is 3.57. The van der Waals surface area contributed by atoms with Crippen molar-refractivity contribution in [1.82, 2.24) is 14.9 Å². The molecule has 0 radical (unpaired) electrons.